The van der Waals surface area contributed by atoms with Gasteiger partial charge in [-0.25, -0.2) is 9.18 Å². The highest BCUT2D eigenvalue weighted by molar-refractivity contribution is 5.70. The Morgan fingerprint density at radius 3 is 2.38 bits per heavy atom. The van der Waals surface area contributed by atoms with Crippen molar-refractivity contribution in [1.82, 2.24) is 4.90 Å². The van der Waals surface area contributed by atoms with E-state index in [0.717, 1.165) is 11.1 Å². The van der Waals surface area contributed by atoms with Crippen molar-refractivity contribution in [2.45, 2.75) is 32.3 Å². The molecule has 2 aromatic rings. The average Bonchev–Trinajstić information content (AvgIpc) is 2.45. The standard InChI is InChI=1S/C20H22FNO2/c1-20(2,3)24-19(23)22-12-17(13-22)16-6-4-5-15(11-16)14-7-9-18(21)10-8-14/h4-11,17H,12-13H2,1-3H3. The number of halogens is 1. The Labute approximate surface area is 142 Å². The van der Waals surface area contributed by atoms with Gasteiger partial charge >= 0.3 is 6.09 Å². The van der Waals surface area contributed by atoms with Crippen LogP contribution in [0.15, 0.2) is 48.5 Å². The van der Waals surface area contributed by atoms with E-state index in [-0.39, 0.29) is 11.9 Å². The van der Waals surface area contributed by atoms with Crippen molar-refractivity contribution >= 4 is 6.09 Å². The molecule has 1 heterocycles. The fraction of sp³-hybridized carbons (Fsp3) is 0.350. The molecule has 0 unspecified atom stereocenters. The van der Waals surface area contributed by atoms with Crippen LogP contribution in [0.2, 0.25) is 0 Å². The predicted molar refractivity (Wildman–Crippen MR) is 92.4 cm³/mol. The van der Waals surface area contributed by atoms with Crippen molar-refractivity contribution in [2.75, 3.05) is 13.1 Å². The zero-order valence-electron chi connectivity index (χ0n) is 14.3. The highest BCUT2D eigenvalue weighted by atomic mass is 19.1. The average molecular weight is 327 g/mol. The number of ether oxygens (including phenoxy) is 1. The van der Waals surface area contributed by atoms with Crippen LogP contribution in [-0.4, -0.2) is 29.7 Å². The summed E-state index contributed by atoms with van der Waals surface area (Å²) in [6, 6.07) is 14.7. The summed E-state index contributed by atoms with van der Waals surface area (Å²) in [5, 5.41) is 0. The van der Waals surface area contributed by atoms with Gasteiger partial charge in [-0.1, -0.05) is 36.4 Å². The first-order chi connectivity index (χ1) is 11.3. The lowest BCUT2D eigenvalue weighted by atomic mass is 9.89. The van der Waals surface area contributed by atoms with Crippen LogP contribution in [0, 0.1) is 5.82 Å². The summed E-state index contributed by atoms with van der Waals surface area (Å²) in [7, 11) is 0. The molecule has 0 aliphatic carbocycles. The lowest BCUT2D eigenvalue weighted by molar-refractivity contribution is 0.00820. The van der Waals surface area contributed by atoms with E-state index in [1.165, 1.54) is 17.7 Å². The Balaban J connectivity index is 1.66. The van der Waals surface area contributed by atoms with Gasteiger partial charge in [-0.2, -0.15) is 0 Å². The maximum absolute atomic E-state index is 13.1. The molecule has 126 valence electrons. The summed E-state index contributed by atoms with van der Waals surface area (Å²) >= 11 is 0. The minimum Gasteiger partial charge on any atom is -0.444 e. The third-order valence-electron chi connectivity index (χ3n) is 4.07. The van der Waals surface area contributed by atoms with E-state index in [9.17, 15) is 9.18 Å². The van der Waals surface area contributed by atoms with E-state index >= 15 is 0 Å². The van der Waals surface area contributed by atoms with Crippen LogP contribution in [0.3, 0.4) is 0 Å². The number of amides is 1. The SMILES string of the molecule is CC(C)(C)OC(=O)N1CC(c2cccc(-c3ccc(F)cc3)c2)C1. The third-order valence-corrected chi connectivity index (χ3v) is 4.07. The topological polar surface area (TPSA) is 29.5 Å². The first kappa shape index (κ1) is 16.5. The second-order valence-corrected chi connectivity index (χ2v) is 7.21. The Kier molecular flexibility index (Phi) is 4.31. The Bertz CT molecular complexity index is 728. The van der Waals surface area contributed by atoms with Crippen LogP contribution in [0.25, 0.3) is 11.1 Å². The molecule has 2 aromatic carbocycles. The van der Waals surface area contributed by atoms with E-state index in [1.54, 1.807) is 17.0 Å². The van der Waals surface area contributed by atoms with Gasteiger partial charge in [-0.15, -0.1) is 0 Å². The van der Waals surface area contributed by atoms with Crippen LogP contribution in [0.5, 0.6) is 0 Å². The van der Waals surface area contributed by atoms with Gasteiger partial charge < -0.3 is 9.64 Å². The highest BCUT2D eigenvalue weighted by Crippen LogP contribution is 2.31. The quantitative estimate of drug-likeness (QED) is 0.791. The van der Waals surface area contributed by atoms with Gasteiger partial charge in [-0.3, -0.25) is 0 Å². The van der Waals surface area contributed by atoms with E-state index < -0.39 is 5.60 Å². The minimum atomic E-state index is -0.468. The first-order valence-corrected chi connectivity index (χ1v) is 8.16. The molecular formula is C20H22FNO2. The third kappa shape index (κ3) is 3.75. The summed E-state index contributed by atoms with van der Waals surface area (Å²) in [5.41, 5.74) is 2.77. The number of nitrogens with zero attached hydrogens (tertiary/aromatic N) is 1. The Morgan fingerprint density at radius 2 is 1.75 bits per heavy atom. The Morgan fingerprint density at radius 1 is 1.08 bits per heavy atom. The van der Waals surface area contributed by atoms with Gasteiger partial charge in [0.25, 0.3) is 0 Å². The smallest absolute Gasteiger partial charge is 0.410 e. The molecule has 4 heteroatoms. The van der Waals surface area contributed by atoms with Crippen LogP contribution in [0.4, 0.5) is 9.18 Å². The molecular weight excluding hydrogens is 305 g/mol. The number of hydrogen-bond acceptors (Lipinski definition) is 2. The second-order valence-electron chi connectivity index (χ2n) is 7.21. The van der Waals surface area contributed by atoms with E-state index in [4.69, 9.17) is 4.74 Å². The van der Waals surface area contributed by atoms with Gasteiger partial charge in [0.1, 0.15) is 11.4 Å². The normalized spacial score (nSPS) is 15.1. The molecule has 1 aliphatic rings. The molecule has 0 N–H and O–H groups in total. The summed E-state index contributed by atoms with van der Waals surface area (Å²) in [5.74, 6) is 0.0832. The maximum atomic E-state index is 13.1. The molecule has 24 heavy (non-hydrogen) atoms. The molecule has 3 nitrogen and oxygen atoms in total. The molecule has 1 saturated heterocycles. The van der Waals surface area contributed by atoms with Crippen LogP contribution >= 0.6 is 0 Å². The number of rotatable bonds is 2. The zero-order valence-corrected chi connectivity index (χ0v) is 14.3. The van der Waals surface area contributed by atoms with E-state index in [0.29, 0.717) is 19.0 Å². The minimum absolute atomic E-state index is 0.234. The lowest BCUT2D eigenvalue weighted by Gasteiger charge is -2.40. The van der Waals surface area contributed by atoms with Crippen molar-refractivity contribution in [3.05, 3.63) is 59.9 Å². The molecule has 0 aromatic heterocycles. The zero-order chi connectivity index (χ0) is 17.3. The molecule has 0 spiro atoms. The fourth-order valence-electron chi connectivity index (χ4n) is 2.78. The predicted octanol–water partition coefficient (Wildman–Crippen LogP) is 4.83. The van der Waals surface area contributed by atoms with Gasteiger partial charge in [0, 0.05) is 19.0 Å². The van der Waals surface area contributed by atoms with E-state index in [1.807, 2.05) is 32.9 Å². The van der Waals surface area contributed by atoms with Crippen molar-refractivity contribution in [3.8, 4) is 11.1 Å². The van der Waals surface area contributed by atoms with Crippen molar-refractivity contribution in [3.63, 3.8) is 0 Å². The molecule has 0 atom stereocenters. The highest BCUT2D eigenvalue weighted by Gasteiger charge is 2.34. The summed E-state index contributed by atoms with van der Waals surface area (Å²) in [4.78, 5) is 13.7. The van der Waals surface area contributed by atoms with Gasteiger partial charge in [0.05, 0.1) is 0 Å². The van der Waals surface area contributed by atoms with Gasteiger partial charge in [0.15, 0.2) is 0 Å². The molecule has 0 radical (unpaired) electrons. The van der Waals surface area contributed by atoms with Crippen LogP contribution in [-0.2, 0) is 4.74 Å². The summed E-state index contributed by atoms with van der Waals surface area (Å²) < 4.78 is 18.4. The Hall–Kier alpha value is -2.36. The number of hydrogen-bond donors (Lipinski definition) is 0. The second kappa shape index (κ2) is 6.27. The summed E-state index contributed by atoms with van der Waals surface area (Å²) in [6.07, 6.45) is -0.256. The first-order valence-electron chi connectivity index (χ1n) is 8.16. The van der Waals surface area contributed by atoms with Crippen molar-refractivity contribution in [1.29, 1.82) is 0 Å². The van der Waals surface area contributed by atoms with E-state index in [2.05, 4.69) is 12.1 Å². The number of benzene rings is 2. The molecule has 3 rings (SSSR count). The van der Waals surface area contributed by atoms with Crippen molar-refractivity contribution in [2.24, 2.45) is 0 Å². The van der Waals surface area contributed by atoms with Gasteiger partial charge in [0.2, 0.25) is 0 Å². The fourth-order valence-corrected chi connectivity index (χ4v) is 2.78. The number of carbonyl (C=O) groups excluding carboxylic acids is 1. The van der Waals surface area contributed by atoms with Crippen LogP contribution < -0.4 is 0 Å². The molecule has 1 amide bonds. The molecule has 0 bridgehead atoms. The number of carbonyl (C=O) groups is 1. The number of likely N-dealkylation sites (tertiary alicyclic amines) is 1. The molecule has 0 saturated carbocycles. The maximum Gasteiger partial charge on any atom is 0.410 e. The monoisotopic (exact) mass is 327 g/mol. The van der Waals surface area contributed by atoms with Crippen molar-refractivity contribution < 1.29 is 13.9 Å². The largest absolute Gasteiger partial charge is 0.444 e. The molecule has 1 fully saturated rings. The molecule has 1 aliphatic heterocycles. The summed E-state index contributed by atoms with van der Waals surface area (Å²) in [6.45, 7) is 6.95. The van der Waals surface area contributed by atoms with Gasteiger partial charge in [-0.05, 0) is 49.6 Å². The lowest BCUT2D eigenvalue weighted by Crippen LogP contribution is -2.50. The van der Waals surface area contributed by atoms with Crippen LogP contribution in [0.1, 0.15) is 32.3 Å².